The maximum atomic E-state index is 5.37. The number of nitrogens with one attached hydrogen (secondary N) is 1. The fraction of sp³-hybridized carbons (Fsp3) is 0.462. The maximum Gasteiger partial charge on any atom is 0.230 e. The Kier molecular flexibility index (Phi) is 3.79. The van der Waals surface area contributed by atoms with Crippen molar-refractivity contribution in [1.29, 1.82) is 0 Å². The summed E-state index contributed by atoms with van der Waals surface area (Å²) in [5.74, 6) is 2.04. The summed E-state index contributed by atoms with van der Waals surface area (Å²) in [7, 11) is 1.82. The molecule has 1 fully saturated rings. The minimum atomic E-state index is 0.600. The van der Waals surface area contributed by atoms with Gasteiger partial charge in [0.15, 0.2) is 5.82 Å². The van der Waals surface area contributed by atoms with Crippen LogP contribution in [0.15, 0.2) is 12.1 Å². The standard InChI is InChI=1S/C13H17N5OS/c1-9-3-4-10(20-9)11-15-12(14-2)17-13(16-11)18-5-7-19-8-6-18/h3-4H,5-8H2,1-2H3,(H,14,15,16,17). The first kappa shape index (κ1) is 13.3. The van der Waals surface area contributed by atoms with Crippen molar-refractivity contribution in [3.63, 3.8) is 0 Å². The largest absolute Gasteiger partial charge is 0.378 e. The van der Waals surface area contributed by atoms with Crippen molar-refractivity contribution in [2.45, 2.75) is 6.92 Å². The Labute approximate surface area is 121 Å². The number of thiophene rings is 1. The van der Waals surface area contributed by atoms with Crippen LogP contribution in [0.2, 0.25) is 0 Å². The predicted octanol–water partition coefficient (Wildman–Crippen LogP) is 1.79. The normalized spacial score (nSPS) is 15.4. The molecule has 7 heteroatoms. The highest BCUT2D eigenvalue weighted by molar-refractivity contribution is 7.15. The van der Waals surface area contributed by atoms with Gasteiger partial charge in [-0.15, -0.1) is 11.3 Å². The van der Waals surface area contributed by atoms with E-state index in [4.69, 9.17) is 4.74 Å². The third-order valence-electron chi connectivity index (χ3n) is 3.10. The first-order chi connectivity index (χ1) is 9.76. The van der Waals surface area contributed by atoms with Crippen LogP contribution in [-0.4, -0.2) is 48.3 Å². The van der Waals surface area contributed by atoms with E-state index in [0.29, 0.717) is 25.1 Å². The average Bonchev–Trinajstić information content (AvgIpc) is 2.94. The van der Waals surface area contributed by atoms with Gasteiger partial charge in [-0.3, -0.25) is 0 Å². The summed E-state index contributed by atoms with van der Waals surface area (Å²) < 4.78 is 5.37. The van der Waals surface area contributed by atoms with Gasteiger partial charge in [-0.2, -0.15) is 15.0 Å². The fourth-order valence-electron chi connectivity index (χ4n) is 2.05. The third kappa shape index (κ3) is 2.73. The molecule has 0 saturated carbocycles. The van der Waals surface area contributed by atoms with E-state index < -0.39 is 0 Å². The lowest BCUT2D eigenvalue weighted by Gasteiger charge is -2.27. The maximum absolute atomic E-state index is 5.37. The zero-order valence-corrected chi connectivity index (χ0v) is 12.4. The van der Waals surface area contributed by atoms with Crippen LogP contribution in [0, 0.1) is 6.92 Å². The highest BCUT2D eigenvalue weighted by Crippen LogP contribution is 2.26. The SMILES string of the molecule is CNc1nc(-c2ccc(C)s2)nc(N2CCOCC2)n1. The Morgan fingerprint density at radius 1 is 1.20 bits per heavy atom. The van der Waals surface area contributed by atoms with Crippen molar-refractivity contribution >= 4 is 23.2 Å². The van der Waals surface area contributed by atoms with Crippen molar-refractivity contribution in [3.05, 3.63) is 17.0 Å². The first-order valence-corrected chi connectivity index (χ1v) is 7.41. The molecule has 6 nitrogen and oxygen atoms in total. The molecule has 2 aromatic rings. The summed E-state index contributed by atoms with van der Waals surface area (Å²) in [4.78, 5) is 18.0. The number of aromatic nitrogens is 3. The fourth-order valence-corrected chi connectivity index (χ4v) is 2.85. The predicted molar refractivity (Wildman–Crippen MR) is 80.5 cm³/mol. The van der Waals surface area contributed by atoms with E-state index in [1.165, 1.54) is 4.88 Å². The lowest BCUT2D eigenvalue weighted by atomic mass is 10.4. The number of ether oxygens (including phenoxy) is 1. The number of anilines is 2. The molecule has 1 N–H and O–H groups in total. The Balaban J connectivity index is 1.97. The lowest BCUT2D eigenvalue weighted by Crippen LogP contribution is -2.37. The molecule has 1 aliphatic heterocycles. The van der Waals surface area contributed by atoms with E-state index >= 15 is 0 Å². The number of rotatable bonds is 3. The minimum Gasteiger partial charge on any atom is -0.378 e. The molecule has 3 heterocycles. The third-order valence-corrected chi connectivity index (χ3v) is 4.10. The summed E-state index contributed by atoms with van der Waals surface area (Å²) in [6, 6.07) is 4.13. The van der Waals surface area contributed by atoms with Gasteiger partial charge in [0.1, 0.15) is 0 Å². The highest BCUT2D eigenvalue weighted by Gasteiger charge is 2.17. The molecular formula is C13H17N5OS. The topological polar surface area (TPSA) is 63.2 Å². The molecule has 0 atom stereocenters. The van der Waals surface area contributed by atoms with Crippen LogP contribution in [0.3, 0.4) is 0 Å². The second-order valence-corrected chi connectivity index (χ2v) is 5.83. The van der Waals surface area contributed by atoms with Crippen LogP contribution >= 0.6 is 11.3 Å². The molecule has 0 aliphatic carbocycles. The Morgan fingerprint density at radius 2 is 2.00 bits per heavy atom. The van der Waals surface area contributed by atoms with Crippen LogP contribution in [0.1, 0.15) is 4.88 Å². The van der Waals surface area contributed by atoms with Crippen molar-refractivity contribution in [3.8, 4) is 10.7 Å². The molecule has 0 bridgehead atoms. The quantitative estimate of drug-likeness (QED) is 0.930. The molecular weight excluding hydrogens is 274 g/mol. The van der Waals surface area contributed by atoms with Gasteiger partial charge in [0.25, 0.3) is 0 Å². The molecule has 1 aliphatic rings. The molecule has 0 aromatic carbocycles. The number of hydrogen-bond acceptors (Lipinski definition) is 7. The molecule has 106 valence electrons. The van der Waals surface area contributed by atoms with Gasteiger partial charge in [0.2, 0.25) is 11.9 Å². The number of morpholine rings is 1. The van der Waals surface area contributed by atoms with E-state index in [9.17, 15) is 0 Å². The van der Waals surface area contributed by atoms with Gasteiger partial charge in [-0.1, -0.05) is 0 Å². The Morgan fingerprint density at radius 3 is 2.65 bits per heavy atom. The molecule has 20 heavy (non-hydrogen) atoms. The van der Waals surface area contributed by atoms with Crippen LogP contribution < -0.4 is 10.2 Å². The van der Waals surface area contributed by atoms with Crippen molar-refractivity contribution < 1.29 is 4.74 Å². The summed E-state index contributed by atoms with van der Waals surface area (Å²) in [6.45, 7) is 5.14. The van der Waals surface area contributed by atoms with Crippen LogP contribution in [0.25, 0.3) is 10.7 Å². The molecule has 0 unspecified atom stereocenters. The van der Waals surface area contributed by atoms with Gasteiger partial charge in [-0.25, -0.2) is 0 Å². The van der Waals surface area contributed by atoms with Gasteiger partial charge >= 0.3 is 0 Å². The van der Waals surface area contributed by atoms with Crippen molar-refractivity contribution in [2.24, 2.45) is 0 Å². The highest BCUT2D eigenvalue weighted by atomic mass is 32.1. The second kappa shape index (κ2) is 5.72. The van der Waals surface area contributed by atoms with Crippen LogP contribution in [-0.2, 0) is 4.74 Å². The van der Waals surface area contributed by atoms with Gasteiger partial charge in [0, 0.05) is 25.0 Å². The smallest absolute Gasteiger partial charge is 0.230 e. The Hall–Kier alpha value is -1.73. The van der Waals surface area contributed by atoms with Crippen LogP contribution in [0.4, 0.5) is 11.9 Å². The molecule has 0 radical (unpaired) electrons. The first-order valence-electron chi connectivity index (χ1n) is 6.59. The second-order valence-electron chi connectivity index (χ2n) is 4.54. The molecule has 2 aromatic heterocycles. The van der Waals surface area contributed by atoms with E-state index in [1.54, 1.807) is 11.3 Å². The number of nitrogens with zero attached hydrogens (tertiary/aromatic N) is 4. The van der Waals surface area contributed by atoms with E-state index in [0.717, 1.165) is 23.8 Å². The van der Waals surface area contributed by atoms with E-state index in [-0.39, 0.29) is 0 Å². The Bertz CT molecular complexity index is 594. The minimum absolute atomic E-state index is 0.600. The van der Waals surface area contributed by atoms with Gasteiger partial charge in [-0.05, 0) is 19.1 Å². The number of hydrogen-bond donors (Lipinski definition) is 1. The lowest BCUT2D eigenvalue weighted by molar-refractivity contribution is 0.122. The monoisotopic (exact) mass is 291 g/mol. The van der Waals surface area contributed by atoms with Crippen LogP contribution in [0.5, 0.6) is 0 Å². The molecule has 3 rings (SSSR count). The molecule has 0 spiro atoms. The summed E-state index contributed by atoms with van der Waals surface area (Å²) in [5, 5.41) is 3.01. The number of aryl methyl sites for hydroxylation is 1. The zero-order chi connectivity index (χ0) is 13.9. The molecule has 1 saturated heterocycles. The summed E-state index contributed by atoms with van der Waals surface area (Å²) >= 11 is 1.69. The summed E-state index contributed by atoms with van der Waals surface area (Å²) in [5.41, 5.74) is 0. The van der Waals surface area contributed by atoms with Crippen molar-refractivity contribution in [1.82, 2.24) is 15.0 Å². The zero-order valence-electron chi connectivity index (χ0n) is 11.6. The van der Waals surface area contributed by atoms with E-state index in [2.05, 4.69) is 44.2 Å². The average molecular weight is 291 g/mol. The molecule has 0 amide bonds. The van der Waals surface area contributed by atoms with E-state index in [1.807, 2.05) is 7.05 Å². The summed E-state index contributed by atoms with van der Waals surface area (Å²) in [6.07, 6.45) is 0. The van der Waals surface area contributed by atoms with Gasteiger partial charge in [0.05, 0.1) is 18.1 Å². The van der Waals surface area contributed by atoms with Crippen molar-refractivity contribution in [2.75, 3.05) is 43.6 Å². The van der Waals surface area contributed by atoms with Gasteiger partial charge < -0.3 is 15.0 Å².